The first-order valence-corrected chi connectivity index (χ1v) is 7.32. The standard InChI is InChI=1S/C10H14Cl2NO2P/c11-8-3-4-10(9(12)7-8)13-5-1-2-6-16(14)15/h3-4,7,13,16H,1-2,5-6H2,(H,14,15). The second-order valence-corrected chi connectivity index (χ2v) is 5.53. The Hall–Kier alpha value is -0.210. The smallest absolute Gasteiger partial charge is 0.189 e. The molecule has 0 bridgehead atoms. The molecular weight excluding hydrogens is 268 g/mol. The van der Waals surface area contributed by atoms with Crippen molar-refractivity contribution in [1.82, 2.24) is 0 Å². The van der Waals surface area contributed by atoms with Gasteiger partial charge in [0.05, 0.1) is 10.7 Å². The van der Waals surface area contributed by atoms with Crippen molar-refractivity contribution in [1.29, 1.82) is 0 Å². The normalized spacial score (nSPS) is 12.4. The second-order valence-electron chi connectivity index (χ2n) is 3.40. The Morgan fingerprint density at radius 3 is 2.69 bits per heavy atom. The number of halogens is 2. The Balaban J connectivity index is 2.29. The van der Waals surface area contributed by atoms with E-state index in [1.807, 2.05) is 6.07 Å². The van der Waals surface area contributed by atoms with Crippen LogP contribution >= 0.6 is 31.2 Å². The molecule has 0 aromatic heterocycles. The van der Waals surface area contributed by atoms with Gasteiger partial charge in [0.25, 0.3) is 0 Å². The van der Waals surface area contributed by atoms with E-state index in [2.05, 4.69) is 5.32 Å². The molecule has 0 aliphatic carbocycles. The minimum Gasteiger partial charge on any atom is -0.384 e. The molecule has 3 nitrogen and oxygen atoms in total. The summed E-state index contributed by atoms with van der Waals surface area (Å²) < 4.78 is 10.5. The lowest BCUT2D eigenvalue weighted by molar-refractivity contribution is 0.500. The summed E-state index contributed by atoms with van der Waals surface area (Å²) in [5.41, 5.74) is 0.836. The maximum absolute atomic E-state index is 10.5. The number of hydrogen-bond acceptors (Lipinski definition) is 2. The minimum atomic E-state index is -2.31. The van der Waals surface area contributed by atoms with Crippen molar-refractivity contribution in [2.75, 3.05) is 18.0 Å². The van der Waals surface area contributed by atoms with Crippen molar-refractivity contribution in [2.24, 2.45) is 0 Å². The lowest BCUT2D eigenvalue weighted by Gasteiger charge is -2.08. The van der Waals surface area contributed by atoms with Gasteiger partial charge in [-0.3, -0.25) is 4.57 Å². The lowest BCUT2D eigenvalue weighted by atomic mass is 10.3. The van der Waals surface area contributed by atoms with Crippen LogP contribution < -0.4 is 5.32 Å². The van der Waals surface area contributed by atoms with Crippen LogP contribution in [0, 0.1) is 0 Å². The molecule has 0 heterocycles. The number of unbranched alkanes of at least 4 members (excludes halogenated alkanes) is 1. The predicted octanol–water partition coefficient (Wildman–Crippen LogP) is 3.65. The second kappa shape index (κ2) is 7.18. The topological polar surface area (TPSA) is 49.3 Å². The number of anilines is 1. The number of rotatable bonds is 6. The Morgan fingerprint density at radius 2 is 2.06 bits per heavy atom. The van der Waals surface area contributed by atoms with Gasteiger partial charge < -0.3 is 10.2 Å². The first kappa shape index (κ1) is 13.9. The van der Waals surface area contributed by atoms with Crippen LogP contribution in [-0.4, -0.2) is 17.6 Å². The quantitative estimate of drug-likeness (QED) is 0.618. The van der Waals surface area contributed by atoms with Gasteiger partial charge in [-0.1, -0.05) is 23.2 Å². The molecule has 0 fully saturated rings. The van der Waals surface area contributed by atoms with E-state index < -0.39 is 8.03 Å². The highest BCUT2D eigenvalue weighted by Crippen LogP contribution is 2.25. The third-order valence-electron chi connectivity index (χ3n) is 2.06. The molecular formula is C10H14Cl2NO2P. The van der Waals surface area contributed by atoms with Crippen molar-refractivity contribution in [3.63, 3.8) is 0 Å². The molecule has 0 aliphatic rings. The van der Waals surface area contributed by atoms with Crippen molar-refractivity contribution in [3.8, 4) is 0 Å². The Labute approximate surface area is 106 Å². The molecule has 2 N–H and O–H groups in total. The van der Waals surface area contributed by atoms with Gasteiger partial charge >= 0.3 is 0 Å². The molecule has 1 aromatic rings. The molecule has 6 heteroatoms. The zero-order chi connectivity index (χ0) is 12.0. The summed E-state index contributed by atoms with van der Waals surface area (Å²) in [7, 11) is -2.31. The van der Waals surface area contributed by atoms with Crippen LogP contribution in [-0.2, 0) is 4.57 Å². The third-order valence-corrected chi connectivity index (χ3v) is 3.39. The van der Waals surface area contributed by atoms with Gasteiger partial charge in [0, 0.05) is 17.7 Å². The van der Waals surface area contributed by atoms with Crippen LogP contribution in [0.2, 0.25) is 10.0 Å². The van der Waals surface area contributed by atoms with Gasteiger partial charge in [0.1, 0.15) is 0 Å². The molecule has 90 valence electrons. The van der Waals surface area contributed by atoms with Crippen LogP contribution in [0.3, 0.4) is 0 Å². The lowest BCUT2D eigenvalue weighted by Crippen LogP contribution is -2.02. The number of nitrogens with one attached hydrogen (secondary N) is 1. The molecule has 0 saturated carbocycles. The first-order chi connectivity index (χ1) is 7.59. The van der Waals surface area contributed by atoms with Gasteiger partial charge in [-0.2, -0.15) is 0 Å². The number of benzene rings is 1. The minimum absolute atomic E-state index is 0.390. The average molecular weight is 282 g/mol. The highest BCUT2D eigenvalue weighted by molar-refractivity contribution is 7.37. The van der Waals surface area contributed by atoms with Crippen LogP contribution in [0.15, 0.2) is 18.2 Å². The SMILES string of the molecule is O=[PH](O)CCCCNc1ccc(Cl)cc1Cl. The maximum Gasteiger partial charge on any atom is 0.189 e. The van der Waals surface area contributed by atoms with Crippen molar-refractivity contribution < 1.29 is 9.46 Å². The Kier molecular flexibility index (Phi) is 6.22. The fourth-order valence-electron chi connectivity index (χ4n) is 1.26. The molecule has 0 spiro atoms. The average Bonchev–Trinajstić information content (AvgIpc) is 2.20. The van der Waals surface area contributed by atoms with Crippen LogP contribution in [0.5, 0.6) is 0 Å². The summed E-state index contributed by atoms with van der Waals surface area (Å²) in [6.07, 6.45) is 1.98. The van der Waals surface area contributed by atoms with E-state index in [4.69, 9.17) is 28.1 Å². The fraction of sp³-hybridized carbons (Fsp3) is 0.400. The van der Waals surface area contributed by atoms with E-state index in [-0.39, 0.29) is 0 Å². The maximum atomic E-state index is 10.5. The van der Waals surface area contributed by atoms with Crippen LogP contribution in [0.1, 0.15) is 12.8 Å². The van der Waals surface area contributed by atoms with Crippen LogP contribution in [0.25, 0.3) is 0 Å². The predicted molar refractivity (Wildman–Crippen MR) is 70.3 cm³/mol. The van der Waals surface area contributed by atoms with Gasteiger partial charge in [0.2, 0.25) is 0 Å². The Bertz CT molecular complexity index is 374. The summed E-state index contributed by atoms with van der Waals surface area (Å²) in [6.45, 7) is 0.733. The van der Waals surface area contributed by atoms with Gasteiger partial charge in [-0.25, -0.2) is 0 Å². The summed E-state index contributed by atoms with van der Waals surface area (Å²) in [5, 5.41) is 4.34. The molecule has 0 amide bonds. The monoisotopic (exact) mass is 281 g/mol. The van der Waals surface area contributed by atoms with Crippen LogP contribution in [0.4, 0.5) is 5.69 Å². The van der Waals surface area contributed by atoms with E-state index in [1.54, 1.807) is 12.1 Å². The van der Waals surface area contributed by atoms with Crippen molar-refractivity contribution in [3.05, 3.63) is 28.2 Å². The van der Waals surface area contributed by atoms with Gasteiger partial charge in [0.15, 0.2) is 8.03 Å². The molecule has 1 unspecified atom stereocenters. The summed E-state index contributed by atoms with van der Waals surface area (Å²) in [4.78, 5) is 8.63. The van der Waals surface area contributed by atoms with E-state index >= 15 is 0 Å². The molecule has 1 aromatic carbocycles. The van der Waals surface area contributed by atoms with E-state index in [1.165, 1.54) is 0 Å². The fourth-order valence-corrected chi connectivity index (χ4v) is 2.28. The summed E-state index contributed by atoms with van der Waals surface area (Å²) in [6, 6.07) is 5.26. The zero-order valence-electron chi connectivity index (χ0n) is 8.67. The van der Waals surface area contributed by atoms with Crippen molar-refractivity contribution >= 4 is 36.9 Å². The Morgan fingerprint density at radius 1 is 1.31 bits per heavy atom. The third kappa shape index (κ3) is 5.22. The molecule has 16 heavy (non-hydrogen) atoms. The highest BCUT2D eigenvalue weighted by atomic mass is 35.5. The van der Waals surface area contributed by atoms with Gasteiger partial charge in [-0.15, -0.1) is 0 Å². The van der Waals surface area contributed by atoms with Gasteiger partial charge in [-0.05, 0) is 31.0 Å². The van der Waals surface area contributed by atoms with Crippen molar-refractivity contribution in [2.45, 2.75) is 12.8 Å². The van der Waals surface area contributed by atoms with E-state index in [9.17, 15) is 4.57 Å². The first-order valence-electron chi connectivity index (χ1n) is 5.00. The van der Waals surface area contributed by atoms with E-state index in [0.29, 0.717) is 16.2 Å². The zero-order valence-corrected chi connectivity index (χ0v) is 11.2. The molecule has 1 rings (SSSR count). The highest BCUT2D eigenvalue weighted by Gasteiger charge is 2.00. The molecule has 0 saturated heterocycles. The van der Waals surface area contributed by atoms with E-state index in [0.717, 1.165) is 25.1 Å². The number of hydrogen-bond donors (Lipinski definition) is 2. The molecule has 0 aliphatic heterocycles. The summed E-state index contributed by atoms with van der Waals surface area (Å²) >= 11 is 11.7. The molecule has 0 radical (unpaired) electrons. The summed E-state index contributed by atoms with van der Waals surface area (Å²) in [5.74, 6) is 0. The molecule has 1 atom stereocenters. The largest absolute Gasteiger partial charge is 0.384 e.